The smallest absolute Gasteiger partial charge is 0.241 e. The molecule has 1 aromatic carbocycles. The van der Waals surface area contributed by atoms with Crippen molar-refractivity contribution >= 4 is 11.6 Å². The third-order valence-electron chi connectivity index (χ3n) is 2.79. The van der Waals surface area contributed by atoms with E-state index in [4.69, 9.17) is 15.7 Å². The summed E-state index contributed by atoms with van der Waals surface area (Å²) in [6.45, 7) is 2.05. The van der Waals surface area contributed by atoms with Gasteiger partial charge >= 0.3 is 0 Å². The van der Waals surface area contributed by atoms with Gasteiger partial charge in [-0.1, -0.05) is 19.8 Å². The first-order valence-electron chi connectivity index (χ1n) is 6.27. The fourth-order valence-corrected chi connectivity index (χ4v) is 1.64. The minimum Gasteiger partial charge on any atom is -0.495 e. The summed E-state index contributed by atoms with van der Waals surface area (Å²) in [4.78, 5) is 11.9. The number of amides is 1. The zero-order valence-corrected chi connectivity index (χ0v) is 11.3. The van der Waals surface area contributed by atoms with Crippen LogP contribution in [0.25, 0.3) is 0 Å². The maximum Gasteiger partial charge on any atom is 0.241 e. The molecule has 1 amide bonds. The Hall–Kier alpha value is -2.06. The Labute approximate surface area is 113 Å². The number of nitriles is 1. The molecule has 0 radical (unpaired) electrons. The summed E-state index contributed by atoms with van der Waals surface area (Å²) >= 11 is 0. The van der Waals surface area contributed by atoms with Crippen LogP contribution >= 0.6 is 0 Å². The molecule has 102 valence electrons. The molecule has 0 spiro atoms. The molecule has 1 aromatic rings. The van der Waals surface area contributed by atoms with Crippen molar-refractivity contribution in [2.24, 2.45) is 5.73 Å². The first-order chi connectivity index (χ1) is 9.12. The van der Waals surface area contributed by atoms with Crippen LogP contribution < -0.4 is 15.8 Å². The Morgan fingerprint density at radius 1 is 1.58 bits per heavy atom. The summed E-state index contributed by atoms with van der Waals surface area (Å²) in [5, 5.41) is 11.5. The van der Waals surface area contributed by atoms with Crippen molar-refractivity contribution in [3.8, 4) is 11.8 Å². The molecule has 1 atom stereocenters. The summed E-state index contributed by atoms with van der Waals surface area (Å²) in [7, 11) is 1.49. The number of nitrogens with one attached hydrogen (secondary N) is 1. The van der Waals surface area contributed by atoms with Crippen LogP contribution in [0.15, 0.2) is 18.2 Å². The van der Waals surface area contributed by atoms with Gasteiger partial charge in [0, 0.05) is 6.07 Å². The molecular formula is C14H19N3O2. The molecule has 1 unspecified atom stereocenters. The first kappa shape index (κ1) is 15.0. The molecule has 0 aliphatic heterocycles. The number of ether oxygens (including phenoxy) is 1. The van der Waals surface area contributed by atoms with Gasteiger partial charge in [-0.2, -0.15) is 5.26 Å². The van der Waals surface area contributed by atoms with Crippen molar-refractivity contribution in [1.29, 1.82) is 5.26 Å². The predicted molar refractivity (Wildman–Crippen MR) is 73.8 cm³/mol. The number of rotatable bonds is 6. The molecule has 3 N–H and O–H groups in total. The largest absolute Gasteiger partial charge is 0.495 e. The number of carbonyl (C=O) groups excluding carboxylic acids is 1. The van der Waals surface area contributed by atoms with Crippen LogP contribution in [0.1, 0.15) is 31.7 Å². The second kappa shape index (κ2) is 7.39. The van der Waals surface area contributed by atoms with Gasteiger partial charge in [-0.25, -0.2) is 0 Å². The van der Waals surface area contributed by atoms with E-state index < -0.39 is 6.04 Å². The Kier molecular flexibility index (Phi) is 5.83. The summed E-state index contributed by atoms with van der Waals surface area (Å²) < 4.78 is 5.14. The lowest BCUT2D eigenvalue weighted by molar-refractivity contribution is -0.117. The number of hydrogen-bond acceptors (Lipinski definition) is 4. The highest BCUT2D eigenvalue weighted by Gasteiger charge is 2.15. The van der Waals surface area contributed by atoms with Gasteiger partial charge in [0.1, 0.15) is 5.75 Å². The van der Waals surface area contributed by atoms with Gasteiger partial charge in [0.25, 0.3) is 0 Å². The number of nitrogens with two attached hydrogens (primary N) is 1. The molecule has 0 aromatic heterocycles. The highest BCUT2D eigenvalue weighted by atomic mass is 16.5. The Morgan fingerprint density at radius 3 is 2.89 bits per heavy atom. The van der Waals surface area contributed by atoms with Gasteiger partial charge in [-0.15, -0.1) is 0 Å². The van der Waals surface area contributed by atoms with Gasteiger partial charge in [-0.3, -0.25) is 4.79 Å². The minimum atomic E-state index is -0.528. The molecule has 5 nitrogen and oxygen atoms in total. The topological polar surface area (TPSA) is 88.1 Å². The van der Waals surface area contributed by atoms with E-state index in [-0.39, 0.29) is 5.91 Å². The highest BCUT2D eigenvalue weighted by molar-refractivity contribution is 5.96. The molecule has 0 heterocycles. The maximum atomic E-state index is 11.9. The third-order valence-corrected chi connectivity index (χ3v) is 2.79. The van der Waals surface area contributed by atoms with Crippen molar-refractivity contribution in [3.05, 3.63) is 23.8 Å². The molecule has 0 saturated heterocycles. The van der Waals surface area contributed by atoms with E-state index in [1.807, 2.05) is 13.0 Å². The number of hydrogen-bond donors (Lipinski definition) is 2. The Morgan fingerprint density at radius 2 is 2.32 bits per heavy atom. The second-order valence-electron chi connectivity index (χ2n) is 4.26. The van der Waals surface area contributed by atoms with E-state index in [0.29, 0.717) is 23.4 Å². The van der Waals surface area contributed by atoms with E-state index >= 15 is 0 Å². The molecular weight excluding hydrogens is 242 g/mol. The standard InChI is InChI=1S/C14H19N3O2/c1-3-4-5-11(16)14(18)17-12-7-6-10(9-15)8-13(12)19-2/h6-8,11H,3-5,16H2,1-2H3,(H,17,18). The average Bonchev–Trinajstić information content (AvgIpc) is 2.44. The van der Waals surface area contributed by atoms with Crippen LogP contribution in [-0.2, 0) is 4.79 Å². The zero-order chi connectivity index (χ0) is 14.3. The second-order valence-corrected chi connectivity index (χ2v) is 4.26. The van der Waals surface area contributed by atoms with E-state index in [9.17, 15) is 4.79 Å². The normalized spacial score (nSPS) is 11.5. The van der Waals surface area contributed by atoms with Gasteiger partial charge in [-0.05, 0) is 18.6 Å². The van der Waals surface area contributed by atoms with Crippen LogP contribution in [-0.4, -0.2) is 19.1 Å². The highest BCUT2D eigenvalue weighted by Crippen LogP contribution is 2.25. The monoisotopic (exact) mass is 261 g/mol. The quantitative estimate of drug-likeness (QED) is 0.820. The fourth-order valence-electron chi connectivity index (χ4n) is 1.64. The molecule has 0 bridgehead atoms. The van der Waals surface area contributed by atoms with Crippen LogP contribution in [0, 0.1) is 11.3 Å². The third kappa shape index (κ3) is 4.27. The van der Waals surface area contributed by atoms with E-state index in [1.54, 1.807) is 18.2 Å². The van der Waals surface area contributed by atoms with Crippen molar-refractivity contribution < 1.29 is 9.53 Å². The Balaban J connectivity index is 2.76. The van der Waals surface area contributed by atoms with Gasteiger partial charge in [0.15, 0.2) is 0 Å². The van der Waals surface area contributed by atoms with Crippen molar-refractivity contribution in [2.75, 3.05) is 12.4 Å². The molecule has 0 fully saturated rings. The number of carbonyl (C=O) groups is 1. The van der Waals surface area contributed by atoms with Crippen LogP contribution in [0.5, 0.6) is 5.75 Å². The average molecular weight is 261 g/mol. The summed E-state index contributed by atoms with van der Waals surface area (Å²) in [5.41, 5.74) is 6.80. The number of nitrogens with zero attached hydrogens (tertiary/aromatic N) is 1. The number of benzene rings is 1. The summed E-state index contributed by atoms with van der Waals surface area (Å²) in [5.74, 6) is 0.214. The van der Waals surface area contributed by atoms with Gasteiger partial charge in [0.05, 0.1) is 30.5 Å². The minimum absolute atomic E-state index is 0.239. The lowest BCUT2D eigenvalue weighted by Crippen LogP contribution is -2.35. The SMILES string of the molecule is CCCCC(N)C(=O)Nc1ccc(C#N)cc1OC. The molecule has 19 heavy (non-hydrogen) atoms. The predicted octanol–water partition coefficient (Wildman–Crippen LogP) is 2.02. The Bertz CT molecular complexity index is 480. The fraction of sp³-hybridized carbons (Fsp3) is 0.429. The zero-order valence-electron chi connectivity index (χ0n) is 11.3. The first-order valence-corrected chi connectivity index (χ1v) is 6.27. The van der Waals surface area contributed by atoms with Crippen LogP contribution in [0.2, 0.25) is 0 Å². The number of methoxy groups -OCH3 is 1. The van der Waals surface area contributed by atoms with Crippen LogP contribution in [0.3, 0.4) is 0 Å². The molecule has 0 aliphatic carbocycles. The molecule has 1 rings (SSSR count). The number of unbranched alkanes of at least 4 members (excludes halogenated alkanes) is 1. The van der Waals surface area contributed by atoms with Crippen molar-refractivity contribution in [2.45, 2.75) is 32.2 Å². The summed E-state index contributed by atoms with van der Waals surface area (Å²) in [6, 6.07) is 6.33. The summed E-state index contributed by atoms with van der Waals surface area (Å²) in [6.07, 6.45) is 2.57. The maximum absolute atomic E-state index is 11.9. The van der Waals surface area contributed by atoms with E-state index in [2.05, 4.69) is 5.32 Å². The van der Waals surface area contributed by atoms with Gasteiger partial charge < -0.3 is 15.8 Å². The van der Waals surface area contributed by atoms with Crippen molar-refractivity contribution in [1.82, 2.24) is 0 Å². The van der Waals surface area contributed by atoms with Crippen LogP contribution in [0.4, 0.5) is 5.69 Å². The number of anilines is 1. The molecule has 0 saturated carbocycles. The van der Waals surface area contributed by atoms with Crippen molar-refractivity contribution in [3.63, 3.8) is 0 Å². The van der Waals surface area contributed by atoms with E-state index in [1.165, 1.54) is 7.11 Å². The lowest BCUT2D eigenvalue weighted by atomic mass is 10.1. The lowest BCUT2D eigenvalue weighted by Gasteiger charge is -2.14. The van der Waals surface area contributed by atoms with E-state index in [0.717, 1.165) is 12.8 Å². The molecule has 0 aliphatic rings. The van der Waals surface area contributed by atoms with Gasteiger partial charge in [0.2, 0.25) is 5.91 Å². The molecule has 5 heteroatoms.